The van der Waals surface area contributed by atoms with Gasteiger partial charge in [-0.25, -0.2) is 8.78 Å². The maximum absolute atomic E-state index is 13.4. The van der Waals surface area contributed by atoms with Crippen LogP contribution in [-0.4, -0.2) is 10.5 Å². The van der Waals surface area contributed by atoms with Gasteiger partial charge in [-0.05, 0) is 25.0 Å². The highest BCUT2D eigenvalue weighted by atomic mass is 32.2. The third kappa shape index (κ3) is 3.78. The van der Waals surface area contributed by atoms with Crippen molar-refractivity contribution in [1.29, 1.82) is 0 Å². The van der Waals surface area contributed by atoms with E-state index in [1.807, 2.05) is 6.92 Å². The Balaban J connectivity index is 2.66. The minimum Gasteiger partial charge on any atom is -0.207 e. The predicted octanol–water partition coefficient (Wildman–Crippen LogP) is 4.43. The van der Waals surface area contributed by atoms with Crippen molar-refractivity contribution >= 4 is 11.8 Å². The Morgan fingerprint density at radius 2 is 1.69 bits per heavy atom. The predicted molar refractivity (Wildman–Crippen MR) is 66.9 cm³/mol. The molecule has 0 radical (unpaired) electrons. The van der Waals surface area contributed by atoms with Gasteiger partial charge in [0, 0.05) is 16.1 Å². The van der Waals surface area contributed by atoms with Gasteiger partial charge in [0.25, 0.3) is 0 Å². The molecule has 0 aliphatic rings. The third-order valence-corrected chi connectivity index (χ3v) is 4.02. The van der Waals surface area contributed by atoms with Crippen molar-refractivity contribution in [2.24, 2.45) is 0 Å². The number of rotatable bonds is 5. The molecule has 2 unspecified atom stereocenters. The van der Waals surface area contributed by atoms with Crippen LogP contribution in [0.5, 0.6) is 0 Å². The molecule has 0 spiro atoms. The maximum Gasteiger partial charge on any atom is 0.129 e. The van der Waals surface area contributed by atoms with Gasteiger partial charge in [0.1, 0.15) is 11.6 Å². The van der Waals surface area contributed by atoms with E-state index in [2.05, 4.69) is 13.8 Å². The Kier molecular flexibility index (Phi) is 5.26. The molecule has 0 N–H and O–H groups in total. The molecule has 0 aliphatic heterocycles. The number of hydrogen-bond acceptors (Lipinski definition) is 1. The standard InChI is InChI=1S/C13H18F2S/c1-4-9(2)16-10(3)8-11-12(14)6-5-7-13(11)15/h5-7,9-10H,4,8H2,1-3H3. The van der Waals surface area contributed by atoms with Crippen LogP contribution in [0, 0.1) is 11.6 Å². The smallest absolute Gasteiger partial charge is 0.129 e. The van der Waals surface area contributed by atoms with Gasteiger partial charge in [-0.1, -0.05) is 26.8 Å². The van der Waals surface area contributed by atoms with E-state index >= 15 is 0 Å². The van der Waals surface area contributed by atoms with Crippen molar-refractivity contribution in [3.8, 4) is 0 Å². The van der Waals surface area contributed by atoms with Gasteiger partial charge >= 0.3 is 0 Å². The normalized spacial score (nSPS) is 14.8. The van der Waals surface area contributed by atoms with Crippen LogP contribution in [0.4, 0.5) is 8.78 Å². The summed E-state index contributed by atoms with van der Waals surface area (Å²) < 4.78 is 26.8. The van der Waals surface area contributed by atoms with E-state index in [0.717, 1.165) is 6.42 Å². The van der Waals surface area contributed by atoms with Crippen LogP contribution >= 0.6 is 11.8 Å². The van der Waals surface area contributed by atoms with E-state index in [4.69, 9.17) is 0 Å². The molecule has 1 aromatic carbocycles. The van der Waals surface area contributed by atoms with Gasteiger partial charge in [-0.15, -0.1) is 0 Å². The van der Waals surface area contributed by atoms with Gasteiger partial charge in [0.05, 0.1) is 0 Å². The molecule has 1 aromatic rings. The molecule has 2 atom stereocenters. The molecule has 1 rings (SSSR count). The Morgan fingerprint density at radius 1 is 1.12 bits per heavy atom. The second-order valence-electron chi connectivity index (χ2n) is 4.07. The summed E-state index contributed by atoms with van der Waals surface area (Å²) in [5, 5.41) is 0.770. The first-order valence-electron chi connectivity index (χ1n) is 5.63. The van der Waals surface area contributed by atoms with Crippen molar-refractivity contribution in [1.82, 2.24) is 0 Å². The van der Waals surface area contributed by atoms with Crippen LogP contribution < -0.4 is 0 Å². The van der Waals surface area contributed by atoms with E-state index in [1.54, 1.807) is 11.8 Å². The molecule has 0 saturated heterocycles. The summed E-state index contributed by atoms with van der Waals surface area (Å²) in [5.74, 6) is -0.867. The third-order valence-electron chi connectivity index (χ3n) is 2.59. The lowest BCUT2D eigenvalue weighted by atomic mass is 10.1. The molecule has 0 aromatic heterocycles. The molecule has 3 heteroatoms. The molecule has 0 fully saturated rings. The van der Waals surface area contributed by atoms with E-state index in [0.29, 0.717) is 11.7 Å². The average Bonchev–Trinajstić information content (AvgIpc) is 2.23. The number of hydrogen-bond donors (Lipinski definition) is 0. The van der Waals surface area contributed by atoms with Crippen LogP contribution in [0.15, 0.2) is 18.2 Å². The fourth-order valence-electron chi connectivity index (χ4n) is 1.56. The number of thioether (sulfide) groups is 1. The molecule has 0 heterocycles. The SMILES string of the molecule is CCC(C)SC(C)Cc1c(F)cccc1F. The minimum atomic E-state index is -0.434. The van der Waals surface area contributed by atoms with Crippen molar-refractivity contribution in [2.75, 3.05) is 0 Å². The van der Waals surface area contributed by atoms with Crippen LogP contribution in [0.25, 0.3) is 0 Å². The Morgan fingerprint density at radius 3 is 2.19 bits per heavy atom. The molecule has 0 nitrogen and oxygen atoms in total. The quantitative estimate of drug-likeness (QED) is 0.738. The zero-order valence-electron chi connectivity index (χ0n) is 9.97. The molecule has 0 saturated carbocycles. The molecule has 0 aliphatic carbocycles. The first-order valence-corrected chi connectivity index (χ1v) is 6.57. The molecule has 90 valence electrons. The van der Waals surface area contributed by atoms with Crippen LogP contribution in [-0.2, 0) is 6.42 Å². The lowest BCUT2D eigenvalue weighted by Gasteiger charge is -2.16. The number of benzene rings is 1. The van der Waals surface area contributed by atoms with Gasteiger partial charge in [-0.2, -0.15) is 11.8 Å². The van der Waals surface area contributed by atoms with E-state index < -0.39 is 11.6 Å². The first-order chi connectivity index (χ1) is 7.54. The van der Waals surface area contributed by atoms with Crippen molar-refractivity contribution in [3.63, 3.8) is 0 Å². The van der Waals surface area contributed by atoms with Gasteiger partial charge in [0.2, 0.25) is 0 Å². The maximum atomic E-state index is 13.4. The van der Waals surface area contributed by atoms with Gasteiger partial charge in [-0.3, -0.25) is 0 Å². The fourth-order valence-corrected chi connectivity index (χ4v) is 2.80. The monoisotopic (exact) mass is 244 g/mol. The summed E-state index contributed by atoms with van der Waals surface area (Å²) in [6, 6.07) is 4.04. The van der Waals surface area contributed by atoms with Crippen molar-refractivity contribution in [2.45, 2.75) is 44.1 Å². The Bertz CT molecular complexity index is 318. The lowest BCUT2D eigenvalue weighted by Crippen LogP contribution is -2.09. The van der Waals surface area contributed by atoms with Crippen molar-refractivity contribution < 1.29 is 8.78 Å². The average molecular weight is 244 g/mol. The highest BCUT2D eigenvalue weighted by molar-refractivity contribution is 8.00. The van der Waals surface area contributed by atoms with E-state index in [-0.39, 0.29) is 10.8 Å². The summed E-state index contributed by atoms with van der Waals surface area (Å²) in [4.78, 5) is 0. The van der Waals surface area contributed by atoms with Gasteiger partial charge < -0.3 is 0 Å². The molecule has 16 heavy (non-hydrogen) atoms. The van der Waals surface area contributed by atoms with Gasteiger partial charge in [0.15, 0.2) is 0 Å². The molecule has 0 amide bonds. The Labute approximate surface area is 100 Å². The van der Waals surface area contributed by atoms with Crippen LogP contribution in [0.3, 0.4) is 0 Å². The summed E-state index contributed by atoms with van der Waals surface area (Å²) in [6.45, 7) is 6.27. The van der Waals surface area contributed by atoms with E-state index in [9.17, 15) is 8.78 Å². The second kappa shape index (κ2) is 6.24. The minimum absolute atomic E-state index is 0.214. The van der Waals surface area contributed by atoms with Crippen LogP contribution in [0.1, 0.15) is 32.8 Å². The first kappa shape index (κ1) is 13.5. The Hall–Kier alpha value is -0.570. The summed E-state index contributed by atoms with van der Waals surface area (Å²) >= 11 is 1.78. The highest BCUT2D eigenvalue weighted by Crippen LogP contribution is 2.24. The highest BCUT2D eigenvalue weighted by Gasteiger charge is 2.14. The summed E-state index contributed by atoms with van der Waals surface area (Å²) in [5.41, 5.74) is 0.214. The second-order valence-corrected chi connectivity index (χ2v) is 5.95. The zero-order valence-corrected chi connectivity index (χ0v) is 10.8. The topological polar surface area (TPSA) is 0 Å². The fraction of sp³-hybridized carbons (Fsp3) is 0.538. The largest absolute Gasteiger partial charge is 0.207 e. The van der Waals surface area contributed by atoms with E-state index in [1.165, 1.54) is 18.2 Å². The van der Waals surface area contributed by atoms with Crippen LogP contribution in [0.2, 0.25) is 0 Å². The molecular formula is C13H18F2S. The number of halogens is 2. The summed E-state index contributed by atoms with van der Waals surface area (Å²) in [7, 11) is 0. The van der Waals surface area contributed by atoms with Crippen molar-refractivity contribution in [3.05, 3.63) is 35.4 Å². The lowest BCUT2D eigenvalue weighted by molar-refractivity contribution is 0.554. The zero-order chi connectivity index (χ0) is 12.1. The summed E-state index contributed by atoms with van der Waals surface area (Å²) in [6.07, 6.45) is 1.53. The molecular weight excluding hydrogens is 226 g/mol. The molecule has 0 bridgehead atoms.